The number of pyridine rings is 1. The van der Waals surface area contributed by atoms with Gasteiger partial charge in [-0.15, -0.1) is 0 Å². The Bertz CT molecular complexity index is 662. The molecular formula is C17H18FN3O. The first-order valence-electron chi connectivity index (χ1n) is 7.37. The van der Waals surface area contributed by atoms with Crippen LogP contribution in [0.3, 0.4) is 0 Å². The van der Waals surface area contributed by atoms with E-state index in [1.165, 1.54) is 6.07 Å². The Kier molecular flexibility index (Phi) is 4.04. The van der Waals surface area contributed by atoms with Crippen LogP contribution in [0.2, 0.25) is 0 Å². The Morgan fingerprint density at radius 3 is 2.73 bits per heavy atom. The molecule has 0 aliphatic carbocycles. The molecule has 0 saturated carbocycles. The van der Waals surface area contributed by atoms with Gasteiger partial charge in [0.2, 0.25) is 0 Å². The number of halogens is 1. The van der Waals surface area contributed by atoms with Crippen molar-refractivity contribution in [2.45, 2.75) is 19.4 Å². The maximum atomic E-state index is 14.1. The van der Waals surface area contributed by atoms with Crippen molar-refractivity contribution >= 4 is 11.7 Å². The third kappa shape index (κ3) is 2.93. The van der Waals surface area contributed by atoms with E-state index in [0.717, 1.165) is 6.42 Å². The molecule has 114 valence electrons. The SMILES string of the molecule is CC1CC(c2ccccc2F)N(C(=O)Nc2ccncc2)C1. The third-order valence-electron chi connectivity index (χ3n) is 3.97. The first-order chi connectivity index (χ1) is 10.6. The van der Waals surface area contributed by atoms with Gasteiger partial charge in [0, 0.05) is 30.2 Å². The number of amides is 2. The van der Waals surface area contributed by atoms with Gasteiger partial charge in [-0.3, -0.25) is 4.98 Å². The van der Waals surface area contributed by atoms with Crippen molar-refractivity contribution in [3.8, 4) is 0 Å². The van der Waals surface area contributed by atoms with Crippen molar-refractivity contribution in [3.05, 3.63) is 60.2 Å². The number of likely N-dealkylation sites (tertiary alicyclic amines) is 1. The summed E-state index contributed by atoms with van der Waals surface area (Å²) in [4.78, 5) is 18.2. The molecule has 0 spiro atoms. The zero-order chi connectivity index (χ0) is 15.5. The van der Waals surface area contributed by atoms with Crippen molar-refractivity contribution in [2.24, 2.45) is 5.92 Å². The second-order valence-corrected chi connectivity index (χ2v) is 5.70. The first-order valence-corrected chi connectivity index (χ1v) is 7.37. The van der Waals surface area contributed by atoms with Crippen LogP contribution in [0.5, 0.6) is 0 Å². The van der Waals surface area contributed by atoms with Gasteiger partial charge in [0.15, 0.2) is 0 Å². The van der Waals surface area contributed by atoms with E-state index in [9.17, 15) is 9.18 Å². The highest BCUT2D eigenvalue weighted by molar-refractivity contribution is 5.89. The van der Waals surface area contributed by atoms with E-state index in [2.05, 4.69) is 17.2 Å². The van der Waals surface area contributed by atoms with Gasteiger partial charge in [-0.2, -0.15) is 0 Å². The Hall–Kier alpha value is -2.43. The predicted octanol–water partition coefficient (Wildman–Crippen LogP) is 3.84. The number of rotatable bonds is 2. The molecular weight excluding hydrogens is 281 g/mol. The molecule has 2 heterocycles. The highest BCUT2D eigenvalue weighted by Gasteiger charge is 2.35. The smallest absolute Gasteiger partial charge is 0.317 e. The number of hydrogen-bond donors (Lipinski definition) is 1. The molecule has 4 nitrogen and oxygen atoms in total. The number of urea groups is 1. The Morgan fingerprint density at radius 1 is 1.27 bits per heavy atom. The van der Waals surface area contributed by atoms with Crippen LogP contribution in [0, 0.1) is 11.7 Å². The van der Waals surface area contributed by atoms with Crippen molar-refractivity contribution in [1.29, 1.82) is 0 Å². The van der Waals surface area contributed by atoms with Gasteiger partial charge in [0.25, 0.3) is 0 Å². The lowest BCUT2D eigenvalue weighted by molar-refractivity contribution is 0.205. The molecule has 1 aromatic carbocycles. The number of benzene rings is 1. The monoisotopic (exact) mass is 299 g/mol. The van der Waals surface area contributed by atoms with Crippen molar-refractivity contribution in [1.82, 2.24) is 9.88 Å². The van der Waals surface area contributed by atoms with Crippen LogP contribution < -0.4 is 5.32 Å². The maximum Gasteiger partial charge on any atom is 0.322 e. The molecule has 2 aromatic rings. The molecule has 1 aliphatic rings. The molecule has 2 amide bonds. The van der Waals surface area contributed by atoms with Gasteiger partial charge in [0.05, 0.1) is 6.04 Å². The summed E-state index contributed by atoms with van der Waals surface area (Å²) in [5, 5.41) is 2.85. The number of nitrogens with zero attached hydrogens (tertiary/aromatic N) is 2. The van der Waals surface area contributed by atoms with E-state index in [-0.39, 0.29) is 17.9 Å². The van der Waals surface area contributed by atoms with Crippen LogP contribution in [-0.2, 0) is 0 Å². The normalized spacial score (nSPS) is 20.9. The van der Waals surface area contributed by atoms with Gasteiger partial charge in [-0.25, -0.2) is 9.18 Å². The molecule has 22 heavy (non-hydrogen) atoms. The Labute approximate surface area is 129 Å². The summed E-state index contributed by atoms with van der Waals surface area (Å²) in [5.41, 5.74) is 1.27. The van der Waals surface area contributed by atoms with Crippen LogP contribution in [0.1, 0.15) is 24.9 Å². The van der Waals surface area contributed by atoms with Gasteiger partial charge in [-0.1, -0.05) is 25.1 Å². The van der Waals surface area contributed by atoms with E-state index in [1.54, 1.807) is 47.6 Å². The van der Waals surface area contributed by atoms with Crippen molar-refractivity contribution in [2.75, 3.05) is 11.9 Å². The number of carbonyl (C=O) groups excluding carboxylic acids is 1. The number of nitrogens with one attached hydrogen (secondary N) is 1. The molecule has 1 saturated heterocycles. The van der Waals surface area contributed by atoms with Gasteiger partial charge >= 0.3 is 6.03 Å². The quantitative estimate of drug-likeness (QED) is 0.916. The molecule has 2 unspecified atom stereocenters. The topological polar surface area (TPSA) is 45.2 Å². The van der Waals surface area contributed by atoms with Crippen molar-refractivity contribution < 1.29 is 9.18 Å². The highest BCUT2D eigenvalue weighted by atomic mass is 19.1. The molecule has 0 radical (unpaired) electrons. The minimum absolute atomic E-state index is 0.205. The van der Waals surface area contributed by atoms with E-state index >= 15 is 0 Å². The summed E-state index contributed by atoms with van der Waals surface area (Å²) >= 11 is 0. The summed E-state index contributed by atoms with van der Waals surface area (Å²) in [6.07, 6.45) is 4.01. The minimum atomic E-state index is -0.261. The van der Waals surface area contributed by atoms with E-state index < -0.39 is 0 Å². The fourth-order valence-corrected chi connectivity index (χ4v) is 2.94. The van der Waals surface area contributed by atoms with Crippen LogP contribution >= 0.6 is 0 Å². The molecule has 5 heteroatoms. The molecule has 1 aromatic heterocycles. The molecule has 0 bridgehead atoms. The van der Waals surface area contributed by atoms with Crippen LogP contribution in [0.15, 0.2) is 48.8 Å². The first kappa shape index (κ1) is 14.5. The zero-order valence-electron chi connectivity index (χ0n) is 12.4. The summed E-state index contributed by atoms with van der Waals surface area (Å²) in [6, 6.07) is 9.70. The lowest BCUT2D eigenvalue weighted by atomic mass is 10.0. The van der Waals surface area contributed by atoms with Crippen LogP contribution in [-0.4, -0.2) is 22.5 Å². The third-order valence-corrected chi connectivity index (χ3v) is 3.97. The van der Waals surface area contributed by atoms with E-state index in [4.69, 9.17) is 0 Å². The molecule has 2 atom stereocenters. The zero-order valence-corrected chi connectivity index (χ0v) is 12.4. The second kappa shape index (κ2) is 6.13. The summed E-state index contributed by atoms with van der Waals surface area (Å²) < 4.78 is 14.1. The number of hydrogen-bond acceptors (Lipinski definition) is 2. The van der Waals surface area contributed by atoms with Crippen LogP contribution in [0.4, 0.5) is 14.9 Å². The Morgan fingerprint density at radius 2 is 2.00 bits per heavy atom. The number of anilines is 1. The maximum absolute atomic E-state index is 14.1. The van der Waals surface area contributed by atoms with Crippen molar-refractivity contribution in [3.63, 3.8) is 0 Å². The minimum Gasteiger partial charge on any atom is -0.317 e. The highest BCUT2D eigenvalue weighted by Crippen LogP contribution is 2.36. The lowest BCUT2D eigenvalue weighted by Crippen LogP contribution is -2.35. The van der Waals surface area contributed by atoms with E-state index in [1.807, 2.05) is 0 Å². The Balaban J connectivity index is 1.82. The van der Waals surface area contributed by atoms with Gasteiger partial charge in [-0.05, 0) is 30.5 Å². The predicted molar refractivity (Wildman–Crippen MR) is 82.9 cm³/mol. The standard InChI is InChI=1S/C17H18FN3O/c1-12-10-16(14-4-2-3-5-15(14)18)21(11-12)17(22)20-13-6-8-19-9-7-13/h2-9,12,16H,10-11H2,1H3,(H,19,20,22). The van der Waals surface area contributed by atoms with Gasteiger partial charge < -0.3 is 10.2 Å². The fraction of sp³-hybridized carbons (Fsp3) is 0.294. The van der Waals surface area contributed by atoms with Gasteiger partial charge in [0.1, 0.15) is 5.82 Å². The fourth-order valence-electron chi connectivity index (χ4n) is 2.94. The number of carbonyl (C=O) groups is 1. The molecule has 3 rings (SSSR count). The largest absolute Gasteiger partial charge is 0.322 e. The summed E-state index contributed by atoms with van der Waals surface area (Å²) in [6.45, 7) is 2.70. The van der Waals surface area contributed by atoms with Crippen LogP contribution in [0.25, 0.3) is 0 Å². The second-order valence-electron chi connectivity index (χ2n) is 5.70. The van der Waals surface area contributed by atoms with E-state index in [0.29, 0.717) is 23.7 Å². The number of aromatic nitrogens is 1. The molecule has 1 aliphatic heterocycles. The average Bonchev–Trinajstić information content (AvgIpc) is 2.90. The lowest BCUT2D eigenvalue weighted by Gasteiger charge is -2.25. The molecule has 1 fully saturated rings. The summed E-state index contributed by atoms with van der Waals surface area (Å²) in [5.74, 6) is 0.0797. The molecule has 1 N–H and O–H groups in total. The summed E-state index contributed by atoms with van der Waals surface area (Å²) in [7, 11) is 0. The average molecular weight is 299 g/mol.